The van der Waals surface area contributed by atoms with E-state index in [9.17, 15) is 13.6 Å². The molecule has 2 aliphatic rings. The Morgan fingerprint density at radius 3 is 2.88 bits per heavy atom. The van der Waals surface area contributed by atoms with Crippen molar-refractivity contribution in [1.82, 2.24) is 24.4 Å². The lowest BCUT2D eigenvalue weighted by atomic mass is 9.96. The molecule has 0 radical (unpaired) electrons. The lowest BCUT2D eigenvalue weighted by molar-refractivity contribution is 0.0925. The predicted octanol–water partition coefficient (Wildman–Crippen LogP) is 4.24. The van der Waals surface area contributed by atoms with E-state index in [-0.39, 0.29) is 23.3 Å². The summed E-state index contributed by atoms with van der Waals surface area (Å²) in [5.41, 5.74) is 0.201. The Balaban J connectivity index is 1.42. The number of morpholine rings is 1. The maximum absolute atomic E-state index is 13.7. The third-order valence-corrected chi connectivity index (χ3v) is 6.76. The molecular formula is C23H29F2N7O2. The van der Waals surface area contributed by atoms with Crippen LogP contribution in [0.4, 0.5) is 20.3 Å². The summed E-state index contributed by atoms with van der Waals surface area (Å²) >= 11 is 0. The number of hydrogen-bond donors (Lipinski definition) is 1. The molecule has 1 aliphatic heterocycles. The first-order valence-electron chi connectivity index (χ1n) is 11.9. The number of carbonyl (C=O) groups is 1. The van der Waals surface area contributed by atoms with E-state index in [0.717, 1.165) is 44.3 Å². The van der Waals surface area contributed by atoms with Gasteiger partial charge in [0.2, 0.25) is 0 Å². The van der Waals surface area contributed by atoms with E-state index in [2.05, 4.69) is 27.3 Å². The molecule has 1 saturated carbocycles. The monoisotopic (exact) mass is 473 g/mol. The number of halogens is 2. The van der Waals surface area contributed by atoms with Gasteiger partial charge in [-0.05, 0) is 25.3 Å². The lowest BCUT2D eigenvalue weighted by Crippen LogP contribution is -2.45. The SMILES string of the molecule is CC[C@@H]1COCCN1c1ccn2ncc(C(=O)Nc3cn(C4CCCCC4)nc3C(F)F)c2n1. The average molecular weight is 474 g/mol. The van der Waals surface area contributed by atoms with Gasteiger partial charge >= 0.3 is 0 Å². The van der Waals surface area contributed by atoms with E-state index >= 15 is 0 Å². The highest BCUT2D eigenvalue weighted by molar-refractivity contribution is 6.08. The second-order valence-corrected chi connectivity index (χ2v) is 8.90. The van der Waals surface area contributed by atoms with Crippen molar-refractivity contribution in [3.8, 4) is 0 Å². The minimum atomic E-state index is -2.79. The zero-order valence-electron chi connectivity index (χ0n) is 19.2. The van der Waals surface area contributed by atoms with Crippen LogP contribution in [0.2, 0.25) is 0 Å². The topological polar surface area (TPSA) is 89.6 Å². The van der Waals surface area contributed by atoms with Crippen molar-refractivity contribution in [2.24, 2.45) is 0 Å². The number of aromatic nitrogens is 5. The van der Waals surface area contributed by atoms with Crippen molar-refractivity contribution in [2.75, 3.05) is 30.0 Å². The van der Waals surface area contributed by atoms with Gasteiger partial charge in [0.15, 0.2) is 11.3 Å². The number of nitrogens with one attached hydrogen (secondary N) is 1. The molecular weight excluding hydrogens is 444 g/mol. The maximum Gasteiger partial charge on any atom is 0.284 e. The molecule has 11 heteroatoms. The van der Waals surface area contributed by atoms with Gasteiger partial charge in [-0.2, -0.15) is 10.2 Å². The Kier molecular flexibility index (Phi) is 6.44. The Hall–Kier alpha value is -3.08. The Morgan fingerprint density at radius 1 is 1.29 bits per heavy atom. The summed E-state index contributed by atoms with van der Waals surface area (Å²) in [6, 6.07) is 2.14. The van der Waals surface area contributed by atoms with Crippen LogP contribution in [-0.2, 0) is 4.74 Å². The van der Waals surface area contributed by atoms with Crippen LogP contribution in [0.25, 0.3) is 5.65 Å². The van der Waals surface area contributed by atoms with Crippen molar-refractivity contribution in [3.63, 3.8) is 0 Å². The van der Waals surface area contributed by atoms with Gasteiger partial charge in [-0.3, -0.25) is 9.48 Å². The van der Waals surface area contributed by atoms with Crippen LogP contribution < -0.4 is 10.2 Å². The molecule has 1 N–H and O–H groups in total. The molecule has 9 nitrogen and oxygen atoms in total. The molecule has 34 heavy (non-hydrogen) atoms. The molecule has 0 unspecified atom stereocenters. The molecule has 0 bridgehead atoms. The zero-order valence-corrected chi connectivity index (χ0v) is 19.2. The van der Waals surface area contributed by atoms with Crippen LogP contribution in [0.5, 0.6) is 0 Å². The fourth-order valence-electron chi connectivity index (χ4n) is 4.86. The number of hydrogen-bond acceptors (Lipinski definition) is 6. The summed E-state index contributed by atoms with van der Waals surface area (Å²) in [5.74, 6) is 0.189. The third kappa shape index (κ3) is 4.36. The molecule has 2 fully saturated rings. The summed E-state index contributed by atoms with van der Waals surface area (Å²) in [4.78, 5) is 20.0. The second kappa shape index (κ2) is 9.65. The van der Waals surface area contributed by atoms with Gasteiger partial charge in [-0.25, -0.2) is 18.3 Å². The molecule has 0 spiro atoms. The minimum absolute atomic E-state index is 0.0281. The molecule has 1 amide bonds. The average Bonchev–Trinajstić information content (AvgIpc) is 3.48. The number of rotatable bonds is 6. The third-order valence-electron chi connectivity index (χ3n) is 6.76. The summed E-state index contributed by atoms with van der Waals surface area (Å²) in [6.07, 6.45) is 7.85. The van der Waals surface area contributed by atoms with E-state index in [0.29, 0.717) is 25.4 Å². The van der Waals surface area contributed by atoms with Gasteiger partial charge in [0.05, 0.1) is 37.2 Å². The molecule has 1 saturated heterocycles. The van der Waals surface area contributed by atoms with Gasteiger partial charge in [0, 0.05) is 18.9 Å². The van der Waals surface area contributed by atoms with Crippen LogP contribution >= 0.6 is 0 Å². The summed E-state index contributed by atoms with van der Waals surface area (Å²) in [6.45, 7) is 4.03. The minimum Gasteiger partial charge on any atom is -0.377 e. The maximum atomic E-state index is 13.7. The molecule has 1 aliphatic carbocycles. The smallest absolute Gasteiger partial charge is 0.284 e. The molecule has 3 aromatic rings. The van der Waals surface area contributed by atoms with Gasteiger partial charge in [-0.1, -0.05) is 26.2 Å². The highest BCUT2D eigenvalue weighted by Crippen LogP contribution is 2.32. The van der Waals surface area contributed by atoms with Crippen LogP contribution in [0.15, 0.2) is 24.7 Å². The van der Waals surface area contributed by atoms with Gasteiger partial charge in [-0.15, -0.1) is 0 Å². The van der Waals surface area contributed by atoms with Crippen molar-refractivity contribution in [1.29, 1.82) is 0 Å². The van der Waals surface area contributed by atoms with Crippen LogP contribution in [0.3, 0.4) is 0 Å². The van der Waals surface area contributed by atoms with E-state index < -0.39 is 18.0 Å². The first kappa shape index (κ1) is 22.7. The Bertz CT molecular complexity index is 1160. The van der Waals surface area contributed by atoms with E-state index in [1.54, 1.807) is 10.9 Å². The van der Waals surface area contributed by atoms with Crippen molar-refractivity contribution >= 4 is 23.1 Å². The Morgan fingerprint density at radius 2 is 2.12 bits per heavy atom. The van der Waals surface area contributed by atoms with Gasteiger partial charge in [0.25, 0.3) is 12.3 Å². The highest BCUT2D eigenvalue weighted by Gasteiger charge is 2.27. The first-order valence-corrected chi connectivity index (χ1v) is 11.9. The molecule has 4 heterocycles. The molecule has 182 valence electrons. The van der Waals surface area contributed by atoms with Gasteiger partial charge in [0.1, 0.15) is 11.4 Å². The molecule has 1 atom stereocenters. The zero-order chi connectivity index (χ0) is 23.7. The normalized spacial score (nSPS) is 19.8. The molecule has 0 aromatic carbocycles. The number of carbonyl (C=O) groups excluding carboxylic acids is 1. The van der Waals surface area contributed by atoms with Crippen LogP contribution in [-0.4, -0.2) is 56.1 Å². The molecule has 3 aromatic heterocycles. The van der Waals surface area contributed by atoms with Crippen molar-refractivity contribution < 1.29 is 18.3 Å². The standard InChI is InChI=1S/C23H29F2N7O2/c1-2-15-14-34-11-10-30(15)19-8-9-31-22(28-19)17(12-26-31)23(33)27-18-13-32(29-20(18)21(24)25)16-6-4-3-5-7-16/h8-9,12-13,15-16,21H,2-7,10-11,14H2,1H3,(H,27,33)/t15-/m1/s1. The fraction of sp³-hybridized carbons (Fsp3) is 0.565. The number of anilines is 2. The van der Waals surface area contributed by atoms with E-state index in [1.165, 1.54) is 16.9 Å². The quantitative estimate of drug-likeness (QED) is 0.576. The number of ether oxygens (including phenoxy) is 1. The van der Waals surface area contributed by atoms with Crippen molar-refractivity contribution in [2.45, 2.75) is 64.0 Å². The van der Waals surface area contributed by atoms with Crippen molar-refractivity contribution in [3.05, 3.63) is 35.9 Å². The fourth-order valence-corrected chi connectivity index (χ4v) is 4.86. The second-order valence-electron chi connectivity index (χ2n) is 8.90. The molecule has 5 rings (SSSR count). The Labute approximate surface area is 196 Å². The van der Waals surface area contributed by atoms with E-state index in [4.69, 9.17) is 9.72 Å². The summed E-state index contributed by atoms with van der Waals surface area (Å²) in [7, 11) is 0. The predicted molar refractivity (Wildman–Crippen MR) is 122 cm³/mol. The summed E-state index contributed by atoms with van der Waals surface area (Å²) < 4.78 is 36.1. The number of alkyl halides is 2. The number of amides is 1. The van der Waals surface area contributed by atoms with Crippen LogP contribution in [0, 0.1) is 0 Å². The van der Waals surface area contributed by atoms with Gasteiger partial charge < -0.3 is 15.0 Å². The highest BCUT2D eigenvalue weighted by atomic mass is 19.3. The largest absolute Gasteiger partial charge is 0.377 e. The number of nitrogens with zero attached hydrogens (tertiary/aromatic N) is 6. The van der Waals surface area contributed by atoms with Crippen LogP contribution in [0.1, 0.15) is 74.0 Å². The number of fused-ring (bicyclic) bond motifs is 1. The summed E-state index contributed by atoms with van der Waals surface area (Å²) in [5, 5.41) is 11.0. The lowest BCUT2D eigenvalue weighted by Gasteiger charge is -2.35. The first-order chi connectivity index (χ1) is 16.5. The van der Waals surface area contributed by atoms with E-state index in [1.807, 2.05) is 6.07 Å².